The monoisotopic (exact) mass is 380 g/mol. The van der Waals surface area contributed by atoms with E-state index in [9.17, 15) is 14.9 Å². The molecule has 28 heavy (non-hydrogen) atoms. The van der Waals surface area contributed by atoms with Crippen molar-refractivity contribution in [1.29, 1.82) is 5.26 Å². The number of nitriles is 1. The average Bonchev–Trinajstić information content (AvgIpc) is 2.71. The van der Waals surface area contributed by atoms with Crippen LogP contribution in [0.3, 0.4) is 0 Å². The highest BCUT2D eigenvalue weighted by atomic mass is 16.5. The number of nitrogens with one attached hydrogen (secondary N) is 1. The van der Waals surface area contributed by atoms with Crippen molar-refractivity contribution in [3.8, 4) is 6.07 Å². The van der Waals surface area contributed by atoms with E-state index >= 15 is 0 Å². The number of quaternary nitrogens is 1. The van der Waals surface area contributed by atoms with Gasteiger partial charge in [-0.05, 0) is 24.6 Å². The Hall–Kier alpha value is -3.02. The molecule has 4 heterocycles. The molecule has 0 saturated carbocycles. The van der Waals surface area contributed by atoms with Gasteiger partial charge in [-0.3, -0.25) is 18.6 Å². The molecule has 1 N–H and O–H groups in total. The van der Waals surface area contributed by atoms with Gasteiger partial charge in [0.05, 0.1) is 25.1 Å². The smallest absolute Gasteiger partial charge is 0.270 e. The Morgan fingerprint density at radius 3 is 2.79 bits per heavy atom. The molecule has 0 atom stereocenters. The quantitative estimate of drug-likeness (QED) is 0.616. The number of hydrogen-bond acceptors (Lipinski definition) is 5. The van der Waals surface area contributed by atoms with Crippen molar-refractivity contribution in [2.45, 2.75) is 19.9 Å². The van der Waals surface area contributed by atoms with Gasteiger partial charge >= 0.3 is 0 Å². The van der Waals surface area contributed by atoms with Gasteiger partial charge < -0.3 is 9.64 Å². The Balaban J connectivity index is 1.81. The molecule has 1 aliphatic rings. The molecule has 3 aromatic heterocycles. The Kier molecular flexibility index (Phi) is 4.94. The number of rotatable bonds is 4. The summed E-state index contributed by atoms with van der Waals surface area (Å²) >= 11 is 0. The fourth-order valence-electron chi connectivity index (χ4n) is 3.76. The average molecular weight is 380 g/mol. The minimum Gasteiger partial charge on any atom is -0.370 e. The second-order valence-electron chi connectivity index (χ2n) is 7.13. The third-order valence-corrected chi connectivity index (χ3v) is 5.32. The fourth-order valence-corrected chi connectivity index (χ4v) is 3.76. The van der Waals surface area contributed by atoms with Crippen LogP contribution in [0, 0.1) is 18.3 Å². The van der Waals surface area contributed by atoms with Crippen LogP contribution >= 0.6 is 0 Å². The Bertz CT molecular complexity index is 1200. The van der Waals surface area contributed by atoms with Crippen LogP contribution in [0.25, 0.3) is 16.7 Å². The lowest BCUT2D eigenvalue weighted by atomic mass is 10.2. The van der Waals surface area contributed by atoms with Gasteiger partial charge in [0.2, 0.25) is 0 Å². The van der Waals surface area contributed by atoms with Gasteiger partial charge in [-0.25, -0.2) is 4.98 Å². The number of hydrogen-bond donors (Lipinski definition) is 1. The minimum atomic E-state index is -0.392. The molecule has 0 unspecified atom stereocenters. The van der Waals surface area contributed by atoms with Gasteiger partial charge in [0.1, 0.15) is 30.4 Å². The van der Waals surface area contributed by atoms with Gasteiger partial charge in [-0.15, -0.1) is 0 Å². The van der Waals surface area contributed by atoms with Crippen molar-refractivity contribution in [2.75, 3.05) is 32.8 Å². The molecule has 1 saturated heterocycles. The van der Waals surface area contributed by atoms with Crippen LogP contribution in [0.2, 0.25) is 0 Å². The topological polar surface area (TPSA) is 93.8 Å². The summed E-state index contributed by atoms with van der Waals surface area (Å²) < 4.78 is 8.33. The Morgan fingerprint density at radius 2 is 2.04 bits per heavy atom. The number of aromatic nitrogens is 3. The van der Waals surface area contributed by atoms with Gasteiger partial charge in [0.15, 0.2) is 5.65 Å². The second kappa shape index (κ2) is 7.54. The predicted octanol–water partition coefficient (Wildman–Crippen LogP) is -0.505. The van der Waals surface area contributed by atoms with E-state index in [1.807, 2.05) is 19.1 Å². The van der Waals surface area contributed by atoms with Crippen LogP contribution in [0.5, 0.6) is 0 Å². The van der Waals surface area contributed by atoms with E-state index in [0.717, 1.165) is 44.8 Å². The zero-order chi connectivity index (χ0) is 19.7. The molecule has 0 amide bonds. The molecule has 3 aromatic rings. The maximum Gasteiger partial charge on any atom is 0.270 e. The summed E-state index contributed by atoms with van der Waals surface area (Å²) in [4.78, 5) is 31.8. The number of morpholine rings is 1. The third kappa shape index (κ3) is 3.19. The molecule has 0 radical (unpaired) electrons. The minimum absolute atomic E-state index is 0.0299. The largest absolute Gasteiger partial charge is 0.370 e. The van der Waals surface area contributed by atoms with Gasteiger partial charge in [-0.2, -0.15) is 5.26 Å². The van der Waals surface area contributed by atoms with E-state index in [0.29, 0.717) is 17.8 Å². The number of fused-ring (bicyclic) bond motifs is 2. The predicted molar refractivity (Wildman–Crippen MR) is 104 cm³/mol. The highest BCUT2D eigenvalue weighted by Crippen LogP contribution is 2.12. The summed E-state index contributed by atoms with van der Waals surface area (Å²) in [5.74, 6) is 0. The first kappa shape index (κ1) is 18.3. The van der Waals surface area contributed by atoms with E-state index in [4.69, 9.17) is 4.74 Å². The van der Waals surface area contributed by atoms with Crippen molar-refractivity contribution in [1.82, 2.24) is 14.0 Å². The normalized spacial score (nSPS) is 15.1. The van der Waals surface area contributed by atoms with Gasteiger partial charge in [-0.1, -0.05) is 6.07 Å². The number of ether oxygens (including phenoxy) is 1. The number of nitrogens with zero attached hydrogens (tertiary/aromatic N) is 4. The lowest BCUT2D eigenvalue weighted by molar-refractivity contribution is -0.908. The van der Waals surface area contributed by atoms with Crippen LogP contribution in [0.4, 0.5) is 0 Å². The molecular formula is C20H22N5O3+. The van der Waals surface area contributed by atoms with E-state index in [2.05, 4.69) is 4.98 Å². The van der Waals surface area contributed by atoms with Crippen LogP contribution in [-0.2, 0) is 11.3 Å². The second-order valence-corrected chi connectivity index (χ2v) is 7.13. The van der Waals surface area contributed by atoms with E-state index < -0.39 is 5.56 Å². The zero-order valence-corrected chi connectivity index (χ0v) is 15.8. The van der Waals surface area contributed by atoms with Crippen LogP contribution < -0.4 is 16.0 Å². The van der Waals surface area contributed by atoms with Crippen molar-refractivity contribution >= 4 is 16.7 Å². The van der Waals surface area contributed by atoms with E-state index in [1.165, 1.54) is 19.9 Å². The molecule has 8 heteroatoms. The molecule has 4 rings (SSSR count). The number of aryl methyl sites for hydroxylation is 2. The fraction of sp³-hybridized carbons (Fsp3) is 0.400. The molecule has 0 aliphatic carbocycles. The first-order chi connectivity index (χ1) is 13.6. The van der Waals surface area contributed by atoms with Crippen molar-refractivity contribution in [3.05, 3.63) is 56.2 Å². The summed E-state index contributed by atoms with van der Waals surface area (Å²) in [5.41, 5.74) is 1.03. The molecule has 0 spiro atoms. The van der Waals surface area contributed by atoms with Crippen LogP contribution in [0.15, 0.2) is 34.0 Å². The van der Waals surface area contributed by atoms with Crippen LogP contribution in [0.1, 0.15) is 17.5 Å². The van der Waals surface area contributed by atoms with Crippen molar-refractivity contribution < 1.29 is 9.64 Å². The summed E-state index contributed by atoms with van der Waals surface area (Å²) in [5, 5.41) is 9.66. The summed E-state index contributed by atoms with van der Waals surface area (Å²) in [7, 11) is 0. The Labute approximate surface area is 161 Å². The first-order valence-corrected chi connectivity index (χ1v) is 9.47. The molecule has 0 bridgehead atoms. The van der Waals surface area contributed by atoms with Gasteiger partial charge in [0, 0.05) is 19.2 Å². The van der Waals surface area contributed by atoms with Gasteiger partial charge in [0.25, 0.3) is 11.1 Å². The zero-order valence-electron chi connectivity index (χ0n) is 15.8. The molecule has 0 aromatic carbocycles. The highest BCUT2D eigenvalue weighted by Gasteiger charge is 2.17. The lowest BCUT2D eigenvalue weighted by Crippen LogP contribution is -3.14. The number of pyridine rings is 2. The maximum atomic E-state index is 13.0. The molecule has 144 valence electrons. The van der Waals surface area contributed by atoms with Crippen molar-refractivity contribution in [2.24, 2.45) is 0 Å². The molecular weight excluding hydrogens is 358 g/mol. The van der Waals surface area contributed by atoms with E-state index in [1.54, 1.807) is 12.3 Å². The SMILES string of the molecule is Cc1cccn2c(=O)c3cc(C#N)c(=O)n(CCC[NH+]4CCOCC4)c3nc12. The van der Waals surface area contributed by atoms with Crippen LogP contribution in [-0.4, -0.2) is 46.8 Å². The molecule has 1 aliphatic heterocycles. The maximum absolute atomic E-state index is 13.0. The van der Waals surface area contributed by atoms with Crippen molar-refractivity contribution in [3.63, 3.8) is 0 Å². The summed E-state index contributed by atoms with van der Waals surface area (Å²) in [6.45, 7) is 6.62. The van der Waals surface area contributed by atoms with E-state index in [-0.39, 0.29) is 16.5 Å². The molecule has 1 fully saturated rings. The highest BCUT2D eigenvalue weighted by molar-refractivity contribution is 5.78. The lowest BCUT2D eigenvalue weighted by Gasteiger charge is -2.23. The first-order valence-electron chi connectivity index (χ1n) is 9.47. The molecule has 8 nitrogen and oxygen atoms in total. The standard InChI is InChI=1S/C20H21N5O3/c1-14-4-2-6-24-17(14)22-18-16(20(24)27)12-15(13-21)19(26)25(18)7-3-5-23-8-10-28-11-9-23/h2,4,6,12H,3,5,7-11H2,1H3/p+1. The Morgan fingerprint density at radius 1 is 1.25 bits per heavy atom. The summed E-state index contributed by atoms with van der Waals surface area (Å²) in [6.07, 6.45) is 2.41. The summed E-state index contributed by atoms with van der Waals surface area (Å²) in [6, 6.07) is 6.95. The third-order valence-electron chi connectivity index (χ3n) is 5.32.